The number of carbonyl (C=O) groups is 3. The van der Waals surface area contributed by atoms with Crippen molar-refractivity contribution >= 4 is 40.7 Å². The minimum absolute atomic E-state index is 0.0807. The van der Waals surface area contributed by atoms with Crippen LogP contribution in [0, 0.1) is 17.5 Å². The maximum atomic E-state index is 13.9. The number of benzene rings is 1. The Morgan fingerprint density at radius 3 is 2.26 bits per heavy atom. The van der Waals surface area contributed by atoms with Crippen LogP contribution in [-0.2, 0) is 44.5 Å². The predicted molar refractivity (Wildman–Crippen MR) is 136 cm³/mol. The number of aromatic nitrogens is 4. The van der Waals surface area contributed by atoms with Crippen LogP contribution in [0.25, 0.3) is 11.3 Å². The zero-order chi connectivity index (χ0) is 30.7. The molecule has 1 aliphatic heterocycles. The van der Waals surface area contributed by atoms with E-state index < -0.39 is 82.9 Å². The Balaban J connectivity index is 1.85. The van der Waals surface area contributed by atoms with Gasteiger partial charge in [0.2, 0.25) is 6.10 Å². The highest BCUT2D eigenvalue weighted by Crippen LogP contribution is 2.39. The van der Waals surface area contributed by atoms with E-state index in [4.69, 9.17) is 30.5 Å². The first-order valence-corrected chi connectivity index (χ1v) is 13.7. The van der Waals surface area contributed by atoms with Gasteiger partial charge in [-0.2, -0.15) is 0 Å². The highest BCUT2D eigenvalue weighted by molar-refractivity contribution is 7.92. The molecule has 42 heavy (non-hydrogen) atoms. The molecule has 6 atom stereocenters. The number of rotatable bonds is 8. The summed E-state index contributed by atoms with van der Waals surface area (Å²) in [4.78, 5) is 40.1. The van der Waals surface area contributed by atoms with Gasteiger partial charge in [0.15, 0.2) is 28.5 Å². The van der Waals surface area contributed by atoms with Crippen molar-refractivity contribution in [3.8, 4) is 11.3 Å². The van der Waals surface area contributed by atoms with Crippen molar-refractivity contribution in [1.29, 1.82) is 0 Å². The van der Waals surface area contributed by atoms with Crippen molar-refractivity contribution in [3.63, 3.8) is 0 Å². The summed E-state index contributed by atoms with van der Waals surface area (Å²) in [7, 11) is 0. The van der Waals surface area contributed by atoms with E-state index in [9.17, 15) is 32.1 Å². The Morgan fingerprint density at radius 2 is 1.67 bits per heavy atom. The minimum atomic E-state index is -2.15. The molecule has 0 radical (unpaired) electrons. The smallest absolute Gasteiger partial charge is 0.303 e. The highest BCUT2D eigenvalue weighted by atomic mass is 35.5. The number of nitrogens with zero attached hydrogens (tertiary/aromatic N) is 4. The molecular weight excluding hydrogens is 609 g/mol. The first-order valence-electron chi connectivity index (χ1n) is 12.1. The van der Waals surface area contributed by atoms with Crippen LogP contribution in [0.3, 0.4) is 0 Å². The zero-order valence-corrected chi connectivity index (χ0v) is 23.6. The molecule has 0 spiro atoms. The van der Waals surface area contributed by atoms with E-state index in [0.29, 0.717) is 12.1 Å². The van der Waals surface area contributed by atoms with Crippen LogP contribution in [0.5, 0.6) is 0 Å². The molecule has 224 valence electrons. The second kappa shape index (κ2) is 13.1. The van der Waals surface area contributed by atoms with E-state index in [1.165, 1.54) is 24.7 Å². The van der Waals surface area contributed by atoms with Gasteiger partial charge in [0, 0.05) is 49.8 Å². The summed E-state index contributed by atoms with van der Waals surface area (Å²) in [5.41, 5.74) is -1.84. The molecule has 6 unspecified atom stereocenters. The number of carbonyl (C=O) groups excluding carboxylic acids is 3. The number of hydrogen-bond acceptors (Lipinski definition) is 11. The molecule has 17 heteroatoms. The van der Waals surface area contributed by atoms with Gasteiger partial charge in [0.05, 0.1) is 17.4 Å². The third-order valence-electron chi connectivity index (χ3n) is 5.89. The highest BCUT2D eigenvalue weighted by Gasteiger charge is 2.56. The van der Waals surface area contributed by atoms with Gasteiger partial charge in [-0.15, -0.1) is 5.10 Å². The summed E-state index contributed by atoms with van der Waals surface area (Å²) in [5.74, 6) is -7.01. The third kappa shape index (κ3) is 7.00. The summed E-state index contributed by atoms with van der Waals surface area (Å²) >= 11 is 3.87. The largest absolute Gasteiger partial charge is 0.609 e. The zero-order valence-electron chi connectivity index (χ0n) is 22.0. The molecule has 1 saturated heterocycles. The number of esters is 3. The molecule has 1 aromatic carbocycles. The van der Waals surface area contributed by atoms with Gasteiger partial charge in [-0.1, -0.05) is 16.8 Å². The molecule has 1 aliphatic rings. The van der Waals surface area contributed by atoms with Crippen LogP contribution in [0.15, 0.2) is 41.7 Å². The molecule has 1 fully saturated rings. The number of ether oxygens (including phenoxy) is 4. The molecule has 0 N–H and O–H groups in total. The van der Waals surface area contributed by atoms with E-state index >= 15 is 0 Å². The summed E-state index contributed by atoms with van der Waals surface area (Å²) in [6.07, 6.45) is -0.475. The Morgan fingerprint density at radius 1 is 1.02 bits per heavy atom. The van der Waals surface area contributed by atoms with Gasteiger partial charge in [0.1, 0.15) is 24.4 Å². The van der Waals surface area contributed by atoms with Crippen LogP contribution < -0.4 is 0 Å². The van der Waals surface area contributed by atoms with Gasteiger partial charge in [-0.3, -0.25) is 19.4 Å². The summed E-state index contributed by atoms with van der Waals surface area (Å²) < 4.78 is 78.4. The van der Waals surface area contributed by atoms with Crippen molar-refractivity contribution in [3.05, 3.63) is 59.3 Å². The lowest BCUT2D eigenvalue weighted by atomic mass is 9.96. The number of hydrogen-bond donors (Lipinski definition) is 0. The summed E-state index contributed by atoms with van der Waals surface area (Å²) in [6, 6.07) is 1.39. The van der Waals surface area contributed by atoms with Gasteiger partial charge in [-0.05, 0) is 12.1 Å². The van der Waals surface area contributed by atoms with Gasteiger partial charge < -0.3 is 23.5 Å². The Hall–Kier alpha value is -3.73. The van der Waals surface area contributed by atoms with Crippen LogP contribution >= 0.6 is 11.6 Å². The van der Waals surface area contributed by atoms with Gasteiger partial charge >= 0.3 is 17.9 Å². The molecule has 2 aromatic heterocycles. The van der Waals surface area contributed by atoms with Gasteiger partial charge in [-0.25, -0.2) is 17.9 Å². The van der Waals surface area contributed by atoms with Gasteiger partial charge in [0.25, 0.3) is 5.44 Å². The fourth-order valence-electron chi connectivity index (χ4n) is 4.25. The number of pyridine rings is 1. The van der Waals surface area contributed by atoms with Crippen LogP contribution in [0.4, 0.5) is 13.2 Å². The van der Waals surface area contributed by atoms with Crippen LogP contribution in [0.2, 0.25) is 5.02 Å². The maximum absolute atomic E-state index is 13.9. The van der Waals surface area contributed by atoms with Crippen molar-refractivity contribution in [1.82, 2.24) is 20.0 Å². The third-order valence-corrected chi connectivity index (χ3v) is 7.59. The normalized spacial score (nSPS) is 22.7. The summed E-state index contributed by atoms with van der Waals surface area (Å²) in [6.45, 7) is 2.79. The first-order chi connectivity index (χ1) is 19.8. The lowest BCUT2D eigenvalue weighted by Crippen LogP contribution is -2.60. The molecular formula is C25H22ClF3N4O8S. The monoisotopic (exact) mass is 630 g/mol. The van der Waals surface area contributed by atoms with E-state index in [1.54, 1.807) is 0 Å². The topological polar surface area (TPSA) is 155 Å². The standard InChI is InChI=1S/C25H22ClF3N4O8S/c1-11(34)38-10-20-23(39-12(2)35)22(33-9-19(31-32-33)14-4-17(27)21(29)18(28)5-14)24(40-13(3)36)25(41-20)42(37)16-6-15(26)7-30-8-16/h4-9,20,22-25H,10H2,1-3H3. The molecule has 0 saturated carbocycles. The van der Waals surface area contributed by atoms with E-state index in [1.807, 2.05) is 0 Å². The van der Waals surface area contributed by atoms with Crippen molar-refractivity contribution in [2.75, 3.05) is 6.61 Å². The maximum Gasteiger partial charge on any atom is 0.303 e. The molecule has 12 nitrogen and oxygen atoms in total. The Kier molecular flexibility index (Phi) is 9.71. The van der Waals surface area contributed by atoms with Crippen LogP contribution in [-0.4, -0.2) is 72.8 Å². The van der Waals surface area contributed by atoms with Crippen LogP contribution in [0.1, 0.15) is 26.8 Å². The second-order valence-electron chi connectivity index (χ2n) is 8.96. The molecule has 3 heterocycles. The quantitative estimate of drug-likeness (QED) is 0.156. The molecule has 0 bridgehead atoms. The second-order valence-corrected chi connectivity index (χ2v) is 10.9. The average molecular weight is 631 g/mol. The molecule has 3 aromatic rings. The van der Waals surface area contributed by atoms with E-state index in [-0.39, 0.29) is 21.2 Å². The lowest BCUT2D eigenvalue weighted by molar-refractivity contribution is -0.213. The molecule has 0 amide bonds. The predicted octanol–water partition coefficient (Wildman–Crippen LogP) is 2.91. The SMILES string of the molecule is CC(=O)OCC1OC([S+]([O-])c2cncc(Cl)c2)C(OC(C)=O)C(n2cc(-c3cc(F)c(F)c(F)c3)nn2)C1OC(C)=O. The lowest BCUT2D eigenvalue weighted by Gasteiger charge is -2.44. The minimum Gasteiger partial charge on any atom is -0.609 e. The summed E-state index contributed by atoms with van der Waals surface area (Å²) in [5, 5.41) is 8.00. The van der Waals surface area contributed by atoms with Crippen molar-refractivity contribution in [2.45, 2.75) is 55.5 Å². The van der Waals surface area contributed by atoms with E-state index in [0.717, 1.165) is 25.5 Å². The molecule has 0 aliphatic carbocycles. The van der Waals surface area contributed by atoms with Crippen molar-refractivity contribution in [2.24, 2.45) is 0 Å². The first kappa shape index (κ1) is 31.2. The number of halogens is 4. The van der Waals surface area contributed by atoms with E-state index in [2.05, 4.69) is 15.3 Å². The fraction of sp³-hybridized carbons (Fsp3) is 0.360. The Bertz CT molecular complexity index is 1470. The Labute approximate surface area is 244 Å². The van der Waals surface area contributed by atoms with Crippen molar-refractivity contribution < 1.29 is 51.1 Å². The molecule has 4 rings (SSSR count). The fourth-order valence-corrected chi connectivity index (χ4v) is 5.87. The average Bonchev–Trinajstić information content (AvgIpc) is 3.40.